The molecule has 2 aliphatic heterocycles. The van der Waals surface area contributed by atoms with Gasteiger partial charge in [0, 0.05) is 45.2 Å². The first kappa shape index (κ1) is 10.9. The fourth-order valence-corrected chi connectivity index (χ4v) is 2.50. The lowest BCUT2D eigenvalue weighted by atomic mass is 10.2. The Labute approximate surface area is 91.6 Å². The maximum Gasteiger partial charge on any atom is 0.223 e. The van der Waals surface area contributed by atoms with E-state index in [0.29, 0.717) is 18.5 Å². The highest BCUT2D eigenvalue weighted by molar-refractivity contribution is 5.76. The third kappa shape index (κ3) is 2.32. The fourth-order valence-electron chi connectivity index (χ4n) is 2.50. The van der Waals surface area contributed by atoms with Crippen LogP contribution in [0.5, 0.6) is 0 Å². The standard InChI is InChI=1S/C11H21N3O/c1-9-8-14(10-3-5-12-7-10)6-4-11(15)13(9)2/h9-10,12H,3-8H2,1-2H3. The molecule has 0 aliphatic carbocycles. The molecule has 2 atom stereocenters. The first-order valence-electron chi connectivity index (χ1n) is 5.89. The van der Waals surface area contributed by atoms with Crippen molar-refractivity contribution in [3.05, 3.63) is 0 Å². The van der Waals surface area contributed by atoms with Crippen LogP contribution in [-0.4, -0.2) is 61.0 Å². The Morgan fingerprint density at radius 2 is 2.27 bits per heavy atom. The van der Waals surface area contributed by atoms with Gasteiger partial charge in [-0.05, 0) is 19.9 Å². The summed E-state index contributed by atoms with van der Waals surface area (Å²) in [4.78, 5) is 16.0. The Kier molecular flexibility index (Phi) is 3.26. The van der Waals surface area contributed by atoms with E-state index in [-0.39, 0.29) is 5.91 Å². The molecular weight excluding hydrogens is 190 g/mol. The van der Waals surface area contributed by atoms with Crippen LogP contribution in [-0.2, 0) is 4.79 Å². The average molecular weight is 211 g/mol. The summed E-state index contributed by atoms with van der Waals surface area (Å²) < 4.78 is 0. The van der Waals surface area contributed by atoms with Crippen LogP contribution in [0.2, 0.25) is 0 Å². The molecule has 0 radical (unpaired) electrons. The Morgan fingerprint density at radius 1 is 1.47 bits per heavy atom. The molecule has 0 bridgehead atoms. The predicted molar refractivity (Wildman–Crippen MR) is 59.7 cm³/mol. The van der Waals surface area contributed by atoms with Gasteiger partial charge in [-0.25, -0.2) is 0 Å². The van der Waals surface area contributed by atoms with E-state index in [9.17, 15) is 4.79 Å². The van der Waals surface area contributed by atoms with E-state index in [4.69, 9.17) is 0 Å². The molecule has 0 saturated carbocycles. The molecule has 0 aromatic carbocycles. The highest BCUT2D eigenvalue weighted by atomic mass is 16.2. The molecule has 2 aliphatic rings. The van der Waals surface area contributed by atoms with Crippen molar-refractivity contribution in [3.63, 3.8) is 0 Å². The van der Waals surface area contributed by atoms with Gasteiger partial charge in [0.2, 0.25) is 5.91 Å². The van der Waals surface area contributed by atoms with Crippen LogP contribution in [0.15, 0.2) is 0 Å². The van der Waals surface area contributed by atoms with Crippen molar-refractivity contribution in [1.82, 2.24) is 15.1 Å². The maximum absolute atomic E-state index is 11.7. The summed E-state index contributed by atoms with van der Waals surface area (Å²) in [6.07, 6.45) is 1.90. The Bertz CT molecular complexity index is 238. The second-order valence-electron chi connectivity index (χ2n) is 4.75. The van der Waals surface area contributed by atoms with Gasteiger partial charge < -0.3 is 10.2 Å². The summed E-state index contributed by atoms with van der Waals surface area (Å²) in [7, 11) is 1.92. The quantitative estimate of drug-likeness (QED) is 0.658. The summed E-state index contributed by atoms with van der Waals surface area (Å²) in [5, 5.41) is 3.39. The summed E-state index contributed by atoms with van der Waals surface area (Å²) in [5.41, 5.74) is 0. The zero-order chi connectivity index (χ0) is 10.8. The summed E-state index contributed by atoms with van der Waals surface area (Å²) in [6, 6.07) is 0.993. The highest BCUT2D eigenvalue weighted by Gasteiger charge is 2.29. The third-order valence-electron chi connectivity index (χ3n) is 3.72. The van der Waals surface area contributed by atoms with Crippen LogP contribution in [0.25, 0.3) is 0 Å². The minimum atomic E-state index is 0.288. The van der Waals surface area contributed by atoms with Crippen LogP contribution in [0, 0.1) is 0 Å². The van der Waals surface area contributed by atoms with Crippen LogP contribution in [0.3, 0.4) is 0 Å². The number of nitrogens with one attached hydrogen (secondary N) is 1. The topological polar surface area (TPSA) is 35.6 Å². The molecule has 2 saturated heterocycles. The molecular formula is C11H21N3O. The lowest BCUT2D eigenvalue weighted by Crippen LogP contribution is -2.43. The normalized spacial score (nSPS) is 34.5. The minimum absolute atomic E-state index is 0.288. The van der Waals surface area contributed by atoms with Gasteiger partial charge in [0.05, 0.1) is 0 Å². The Balaban J connectivity index is 1.99. The van der Waals surface area contributed by atoms with E-state index < -0.39 is 0 Å². The fraction of sp³-hybridized carbons (Fsp3) is 0.909. The highest BCUT2D eigenvalue weighted by Crippen LogP contribution is 2.15. The molecule has 2 fully saturated rings. The minimum Gasteiger partial charge on any atom is -0.342 e. The van der Waals surface area contributed by atoms with Gasteiger partial charge in [0.25, 0.3) is 0 Å². The SMILES string of the molecule is CC1CN(C2CCNC2)CCC(=O)N1C. The number of rotatable bonds is 1. The smallest absolute Gasteiger partial charge is 0.223 e. The number of hydrogen-bond acceptors (Lipinski definition) is 3. The van der Waals surface area contributed by atoms with E-state index in [0.717, 1.165) is 26.2 Å². The van der Waals surface area contributed by atoms with Crippen molar-refractivity contribution in [1.29, 1.82) is 0 Å². The summed E-state index contributed by atoms with van der Waals surface area (Å²) >= 11 is 0. The molecule has 2 rings (SSSR count). The van der Waals surface area contributed by atoms with Gasteiger partial charge in [-0.15, -0.1) is 0 Å². The zero-order valence-electron chi connectivity index (χ0n) is 9.70. The van der Waals surface area contributed by atoms with Crippen LogP contribution >= 0.6 is 0 Å². The Morgan fingerprint density at radius 3 is 2.93 bits per heavy atom. The third-order valence-corrected chi connectivity index (χ3v) is 3.72. The van der Waals surface area contributed by atoms with Crippen molar-refractivity contribution >= 4 is 5.91 Å². The van der Waals surface area contributed by atoms with Gasteiger partial charge in [-0.3, -0.25) is 9.69 Å². The van der Waals surface area contributed by atoms with E-state index in [1.807, 2.05) is 11.9 Å². The zero-order valence-corrected chi connectivity index (χ0v) is 9.70. The van der Waals surface area contributed by atoms with E-state index >= 15 is 0 Å². The Hall–Kier alpha value is -0.610. The van der Waals surface area contributed by atoms with Crippen molar-refractivity contribution in [2.45, 2.75) is 31.8 Å². The number of carbonyl (C=O) groups excluding carboxylic acids is 1. The van der Waals surface area contributed by atoms with Crippen molar-refractivity contribution in [3.8, 4) is 0 Å². The number of likely N-dealkylation sites (N-methyl/N-ethyl adjacent to an activating group) is 1. The van der Waals surface area contributed by atoms with Crippen molar-refractivity contribution < 1.29 is 4.79 Å². The van der Waals surface area contributed by atoms with E-state index in [2.05, 4.69) is 17.1 Å². The lowest BCUT2D eigenvalue weighted by molar-refractivity contribution is -0.130. The molecule has 2 unspecified atom stereocenters. The maximum atomic E-state index is 11.7. The first-order valence-corrected chi connectivity index (χ1v) is 5.89. The molecule has 86 valence electrons. The van der Waals surface area contributed by atoms with Crippen LogP contribution in [0.4, 0.5) is 0 Å². The molecule has 0 aromatic rings. The summed E-state index contributed by atoms with van der Waals surface area (Å²) in [5.74, 6) is 0.288. The molecule has 4 heteroatoms. The predicted octanol–water partition coefficient (Wildman–Crippen LogP) is -0.0991. The van der Waals surface area contributed by atoms with Gasteiger partial charge in [-0.1, -0.05) is 0 Å². The molecule has 0 spiro atoms. The molecule has 0 aromatic heterocycles. The number of amides is 1. The summed E-state index contributed by atoms with van der Waals surface area (Å²) in [6.45, 7) is 6.30. The number of nitrogens with zero attached hydrogens (tertiary/aromatic N) is 2. The molecule has 1 N–H and O–H groups in total. The van der Waals surface area contributed by atoms with Gasteiger partial charge in [-0.2, -0.15) is 0 Å². The van der Waals surface area contributed by atoms with Crippen molar-refractivity contribution in [2.24, 2.45) is 0 Å². The average Bonchev–Trinajstić information content (AvgIpc) is 2.71. The number of carbonyl (C=O) groups is 1. The van der Waals surface area contributed by atoms with Crippen LogP contribution < -0.4 is 5.32 Å². The monoisotopic (exact) mass is 211 g/mol. The second-order valence-corrected chi connectivity index (χ2v) is 4.75. The van der Waals surface area contributed by atoms with Gasteiger partial charge in [0.15, 0.2) is 0 Å². The van der Waals surface area contributed by atoms with Gasteiger partial charge in [0.1, 0.15) is 0 Å². The largest absolute Gasteiger partial charge is 0.342 e. The second kappa shape index (κ2) is 4.49. The molecule has 1 amide bonds. The van der Waals surface area contributed by atoms with E-state index in [1.165, 1.54) is 6.42 Å². The van der Waals surface area contributed by atoms with Crippen LogP contribution in [0.1, 0.15) is 19.8 Å². The lowest BCUT2D eigenvalue weighted by Gasteiger charge is -2.29. The number of hydrogen-bond donors (Lipinski definition) is 1. The molecule has 15 heavy (non-hydrogen) atoms. The van der Waals surface area contributed by atoms with Gasteiger partial charge >= 0.3 is 0 Å². The first-order chi connectivity index (χ1) is 7.18. The van der Waals surface area contributed by atoms with E-state index in [1.54, 1.807) is 0 Å². The molecule has 4 nitrogen and oxygen atoms in total. The molecule has 2 heterocycles. The van der Waals surface area contributed by atoms with Crippen molar-refractivity contribution in [2.75, 3.05) is 33.2 Å².